The van der Waals surface area contributed by atoms with Gasteiger partial charge >= 0.3 is 12.1 Å². The first-order chi connectivity index (χ1) is 20.7. The zero-order chi connectivity index (χ0) is 31.1. The van der Waals surface area contributed by atoms with Crippen molar-refractivity contribution in [3.63, 3.8) is 0 Å². The van der Waals surface area contributed by atoms with Gasteiger partial charge in [0.05, 0.1) is 0 Å². The number of rotatable bonds is 12. The van der Waals surface area contributed by atoms with Crippen LogP contribution in [0, 0.1) is 5.92 Å². The molecule has 1 aliphatic carbocycles. The lowest BCUT2D eigenvalue weighted by atomic mass is 9.98. The third kappa shape index (κ3) is 7.30. The summed E-state index contributed by atoms with van der Waals surface area (Å²) in [7, 11) is 0. The van der Waals surface area contributed by atoms with Gasteiger partial charge in [0.25, 0.3) is 0 Å². The van der Waals surface area contributed by atoms with Crippen LogP contribution in [0.3, 0.4) is 0 Å². The van der Waals surface area contributed by atoms with Gasteiger partial charge in [0, 0.05) is 18.2 Å². The van der Waals surface area contributed by atoms with Crippen molar-refractivity contribution in [3.8, 4) is 11.1 Å². The SMILES string of the molecule is CCC(C)C(NC(=O)C(CS)NC(=O)C1CCCN1C(=O)CNC(=O)OCC1c2ccccc2-c2ccccc21)C(=O)O. The van der Waals surface area contributed by atoms with E-state index in [4.69, 9.17) is 4.74 Å². The monoisotopic (exact) mass is 610 g/mol. The maximum absolute atomic E-state index is 13.1. The number of carbonyl (C=O) groups excluding carboxylic acids is 4. The van der Waals surface area contributed by atoms with Crippen LogP contribution in [-0.4, -0.2) is 83.4 Å². The second kappa shape index (κ2) is 14.4. The molecule has 1 fully saturated rings. The summed E-state index contributed by atoms with van der Waals surface area (Å²) in [5.74, 6) is -3.32. The lowest BCUT2D eigenvalue weighted by Gasteiger charge is -2.27. The van der Waals surface area contributed by atoms with E-state index in [-0.39, 0.29) is 30.7 Å². The van der Waals surface area contributed by atoms with Crippen LogP contribution in [0.15, 0.2) is 48.5 Å². The number of amides is 4. The van der Waals surface area contributed by atoms with Crippen LogP contribution in [0.2, 0.25) is 0 Å². The molecule has 4 N–H and O–H groups in total. The van der Waals surface area contributed by atoms with E-state index in [0.29, 0.717) is 25.8 Å². The lowest BCUT2D eigenvalue weighted by Crippen LogP contribution is -2.57. The second-order valence-corrected chi connectivity index (χ2v) is 11.2. The first kappa shape index (κ1) is 31.9. The lowest BCUT2D eigenvalue weighted by molar-refractivity contribution is -0.144. The molecule has 12 heteroatoms. The topological polar surface area (TPSA) is 154 Å². The van der Waals surface area contributed by atoms with Crippen molar-refractivity contribution >= 4 is 42.4 Å². The molecule has 1 aliphatic heterocycles. The highest BCUT2D eigenvalue weighted by Crippen LogP contribution is 2.44. The highest BCUT2D eigenvalue weighted by molar-refractivity contribution is 7.80. The van der Waals surface area contributed by atoms with E-state index in [9.17, 15) is 29.1 Å². The smallest absolute Gasteiger partial charge is 0.407 e. The normalized spacial score (nSPS) is 17.7. The minimum absolute atomic E-state index is 0.0611. The molecule has 4 amide bonds. The van der Waals surface area contributed by atoms with Crippen LogP contribution < -0.4 is 16.0 Å². The van der Waals surface area contributed by atoms with E-state index < -0.39 is 47.9 Å². The molecule has 4 unspecified atom stereocenters. The van der Waals surface area contributed by atoms with Gasteiger partial charge in [0.1, 0.15) is 31.3 Å². The Morgan fingerprint density at radius 3 is 2.23 bits per heavy atom. The van der Waals surface area contributed by atoms with Crippen molar-refractivity contribution < 1.29 is 33.8 Å². The molecule has 1 saturated heterocycles. The Labute approximate surface area is 256 Å². The van der Waals surface area contributed by atoms with E-state index in [1.807, 2.05) is 55.5 Å². The number of carbonyl (C=O) groups is 5. The van der Waals surface area contributed by atoms with Crippen LogP contribution in [0.4, 0.5) is 4.79 Å². The second-order valence-electron chi connectivity index (χ2n) is 10.9. The molecule has 11 nitrogen and oxygen atoms in total. The highest BCUT2D eigenvalue weighted by Gasteiger charge is 2.37. The molecule has 0 aromatic heterocycles. The summed E-state index contributed by atoms with van der Waals surface area (Å²) >= 11 is 4.16. The average molecular weight is 611 g/mol. The molecule has 4 atom stereocenters. The quantitative estimate of drug-likeness (QED) is 0.232. The van der Waals surface area contributed by atoms with Gasteiger partial charge in [-0.15, -0.1) is 0 Å². The molecule has 4 rings (SSSR count). The minimum atomic E-state index is -1.16. The van der Waals surface area contributed by atoms with Crippen LogP contribution in [0.5, 0.6) is 0 Å². The number of hydrogen-bond donors (Lipinski definition) is 5. The third-order valence-electron chi connectivity index (χ3n) is 8.20. The number of likely N-dealkylation sites (tertiary alicyclic amines) is 1. The Bertz CT molecular complexity index is 1320. The van der Waals surface area contributed by atoms with Gasteiger partial charge < -0.3 is 30.7 Å². The van der Waals surface area contributed by atoms with Crippen molar-refractivity contribution in [3.05, 3.63) is 59.7 Å². The Balaban J connectivity index is 1.28. The van der Waals surface area contributed by atoms with Crippen LogP contribution in [-0.2, 0) is 23.9 Å². The predicted octanol–water partition coefficient (Wildman–Crippen LogP) is 2.55. The molecule has 2 aliphatic rings. The number of benzene rings is 2. The average Bonchev–Trinajstić information content (AvgIpc) is 3.63. The fraction of sp³-hybridized carbons (Fsp3) is 0.452. The van der Waals surface area contributed by atoms with E-state index in [0.717, 1.165) is 22.3 Å². The van der Waals surface area contributed by atoms with Gasteiger partial charge in [-0.25, -0.2) is 9.59 Å². The number of alkyl carbamates (subject to hydrolysis) is 1. The Morgan fingerprint density at radius 1 is 1.02 bits per heavy atom. The number of carboxylic acids is 1. The van der Waals surface area contributed by atoms with Gasteiger partial charge in [-0.3, -0.25) is 14.4 Å². The minimum Gasteiger partial charge on any atom is -0.480 e. The number of fused-ring (bicyclic) bond motifs is 3. The number of carboxylic acid groups (broad SMARTS) is 1. The Morgan fingerprint density at radius 2 is 1.65 bits per heavy atom. The van der Waals surface area contributed by atoms with E-state index in [2.05, 4.69) is 28.6 Å². The summed E-state index contributed by atoms with van der Waals surface area (Å²) in [4.78, 5) is 64.4. The van der Waals surface area contributed by atoms with E-state index >= 15 is 0 Å². The molecule has 230 valence electrons. The largest absolute Gasteiger partial charge is 0.480 e. The van der Waals surface area contributed by atoms with Crippen LogP contribution >= 0.6 is 12.6 Å². The fourth-order valence-electron chi connectivity index (χ4n) is 5.64. The molecular formula is C31H38N4O7S. The summed E-state index contributed by atoms with van der Waals surface area (Å²) in [6, 6.07) is 12.9. The van der Waals surface area contributed by atoms with Gasteiger partial charge in [0.2, 0.25) is 17.7 Å². The molecule has 0 radical (unpaired) electrons. The van der Waals surface area contributed by atoms with Crippen molar-refractivity contribution in [2.45, 2.75) is 57.2 Å². The number of aliphatic carboxylic acids is 1. The number of thiol groups is 1. The summed E-state index contributed by atoms with van der Waals surface area (Å²) in [5, 5.41) is 17.1. The number of ether oxygens (including phenoxy) is 1. The molecule has 2 aromatic rings. The Hall–Kier alpha value is -4.06. The Kier molecular flexibility index (Phi) is 10.7. The van der Waals surface area contributed by atoms with E-state index in [1.54, 1.807) is 6.92 Å². The highest BCUT2D eigenvalue weighted by atomic mass is 32.1. The van der Waals surface area contributed by atoms with E-state index in [1.165, 1.54) is 4.90 Å². The molecule has 43 heavy (non-hydrogen) atoms. The molecule has 0 spiro atoms. The van der Waals surface area contributed by atoms with Crippen LogP contribution in [0.25, 0.3) is 11.1 Å². The number of nitrogens with one attached hydrogen (secondary N) is 3. The van der Waals surface area contributed by atoms with Gasteiger partial charge in [-0.2, -0.15) is 12.6 Å². The van der Waals surface area contributed by atoms with Crippen LogP contribution in [0.1, 0.15) is 50.2 Å². The van der Waals surface area contributed by atoms with Gasteiger partial charge in [-0.1, -0.05) is 68.8 Å². The summed E-state index contributed by atoms with van der Waals surface area (Å²) < 4.78 is 5.50. The van der Waals surface area contributed by atoms with Crippen molar-refractivity contribution in [1.82, 2.24) is 20.9 Å². The fourth-order valence-corrected chi connectivity index (χ4v) is 5.89. The van der Waals surface area contributed by atoms with Crippen molar-refractivity contribution in [2.75, 3.05) is 25.4 Å². The third-order valence-corrected chi connectivity index (χ3v) is 8.56. The molecular weight excluding hydrogens is 572 g/mol. The maximum Gasteiger partial charge on any atom is 0.407 e. The van der Waals surface area contributed by atoms with Gasteiger partial charge in [0.15, 0.2) is 0 Å². The van der Waals surface area contributed by atoms with Crippen molar-refractivity contribution in [1.29, 1.82) is 0 Å². The molecule has 2 aromatic carbocycles. The summed E-state index contributed by atoms with van der Waals surface area (Å²) in [6.45, 7) is 3.60. The molecule has 0 bridgehead atoms. The molecule has 0 saturated carbocycles. The number of nitrogens with zero attached hydrogens (tertiary/aromatic N) is 1. The maximum atomic E-state index is 13.1. The van der Waals surface area contributed by atoms with Crippen molar-refractivity contribution in [2.24, 2.45) is 5.92 Å². The predicted molar refractivity (Wildman–Crippen MR) is 163 cm³/mol. The first-order valence-electron chi connectivity index (χ1n) is 14.5. The first-order valence-corrected chi connectivity index (χ1v) is 15.1. The standard InChI is InChI=1S/C31H38N4O7S/c1-3-18(2)27(30(39)40)34-28(37)24(17-43)33-29(38)25-13-8-14-35(25)26(36)15-32-31(41)42-16-23-21-11-6-4-9-19(21)20-10-5-7-12-22(20)23/h4-7,9-12,18,23-25,27,43H,3,8,13-17H2,1-2H3,(H,32,41)(H,33,38)(H,34,37)(H,39,40). The van der Waals surface area contributed by atoms with Gasteiger partial charge in [-0.05, 0) is 41.0 Å². The number of hydrogen-bond acceptors (Lipinski definition) is 7. The zero-order valence-electron chi connectivity index (χ0n) is 24.2. The zero-order valence-corrected chi connectivity index (χ0v) is 25.1. The molecule has 1 heterocycles. The summed E-state index contributed by atoms with van der Waals surface area (Å²) in [6.07, 6.45) is 0.755. The summed E-state index contributed by atoms with van der Waals surface area (Å²) in [5.41, 5.74) is 4.36.